The second-order valence-electron chi connectivity index (χ2n) is 15.4. The number of hydrogen-bond donors (Lipinski definition) is 3. The molecule has 0 spiro atoms. The zero-order chi connectivity index (χ0) is 41.8. The van der Waals surface area contributed by atoms with E-state index < -0.39 is 26.5 Å². The van der Waals surface area contributed by atoms with Crippen LogP contribution in [0.25, 0.3) is 0 Å². The molecule has 3 N–H and O–H groups in total. The van der Waals surface area contributed by atoms with Gasteiger partial charge in [0.25, 0.3) is 0 Å². The van der Waals surface area contributed by atoms with E-state index in [9.17, 15) is 24.2 Å². The number of unbranched alkanes of at least 4 members (excludes halogenated alkanes) is 22. The van der Waals surface area contributed by atoms with Crippen LogP contribution in [0.1, 0.15) is 206 Å². The Morgan fingerprint density at radius 2 is 0.947 bits per heavy atom. The Morgan fingerprint density at radius 1 is 0.544 bits per heavy atom. The van der Waals surface area contributed by atoms with Crippen molar-refractivity contribution in [2.75, 3.05) is 26.4 Å². The van der Waals surface area contributed by atoms with Gasteiger partial charge in [0.2, 0.25) is 5.91 Å². The quantitative estimate of drug-likeness (QED) is 0.0240. The van der Waals surface area contributed by atoms with Gasteiger partial charge < -0.3 is 20.1 Å². The van der Waals surface area contributed by atoms with Gasteiger partial charge in [-0.15, -0.1) is 0 Å². The highest BCUT2D eigenvalue weighted by atomic mass is 31.2. The molecule has 0 bridgehead atoms. The van der Waals surface area contributed by atoms with Gasteiger partial charge in [0.05, 0.1) is 13.2 Å². The number of allylic oxidation sites excluding steroid dienone is 8. The summed E-state index contributed by atoms with van der Waals surface area (Å²) in [5, 5.41) is 12.7. The number of amides is 1. The van der Waals surface area contributed by atoms with Gasteiger partial charge in [-0.3, -0.25) is 18.6 Å². The highest BCUT2D eigenvalue weighted by Gasteiger charge is 2.23. The fourth-order valence-corrected chi connectivity index (χ4v) is 6.96. The number of carbonyl (C=O) groups is 2. The van der Waals surface area contributed by atoms with Gasteiger partial charge in [-0.2, -0.15) is 0 Å². The third-order valence-corrected chi connectivity index (χ3v) is 10.7. The molecule has 0 aliphatic heterocycles. The molecule has 0 aromatic rings. The van der Waals surface area contributed by atoms with Gasteiger partial charge >= 0.3 is 13.8 Å². The zero-order valence-electron chi connectivity index (χ0n) is 36.5. The molecule has 10 heteroatoms. The monoisotopic (exact) mass is 824 g/mol. The normalized spacial score (nSPS) is 13.7. The van der Waals surface area contributed by atoms with Crippen molar-refractivity contribution in [1.29, 1.82) is 0 Å². The van der Waals surface area contributed by atoms with Crippen LogP contribution in [-0.2, 0) is 27.9 Å². The van der Waals surface area contributed by atoms with E-state index in [0.717, 1.165) is 77.0 Å². The van der Waals surface area contributed by atoms with Crippen LogP contribution < -0.4 is 5.32 Å². The lowest BCUT2D eigenvalue weighted by atomic mass is 10.1. The summed E-state index contributed by atoms with van der Waals surface area (Å²) < 4.78 is 26.9. The first-order chi connectivity index (χ1) is 27.8. The minimum Gasteiger partial charge on any atom is -0.463 e. The second kappa shape index (κ2) is 43.5. The Balaban J connectivity index is 3.61. The minimum absolute atomic E-state index is 0.0757. The van der Waals surface area contributed by atoms with Gasteiger partial charge in [0.1, 0.15) is 12.7 Å². The topological polar surface area (TPSA) is 131 Å². The molecule has 0 saturated heterocycles. The molecule has 0 aromatic carbocycles. The van der Waals surface area contributed by atoms with Gasteiger partial charge in [-0.05, 0) is 77.0 Å². The van der Waals surface area contributed by atoms with Crippen LogP contribution in [0.3, 0.4) is 0 Å². The molecular weight excluding hydrogens is 737 g/mol. The second-order valence-corrected chi connectivity index (χ2v) is 16.8. The number of ether oxygens (including phenoxy) is 1. The first-order valence-corrected chi connectivity index (χ1v) is 24.6. The Morgan fingerprint density at radius 3 is 1.47 bits per heavy atom. The van der Waals surface area contributed by atoms with Crippen molar-refractivity contribution >= 4 is 19.7 Å². The molecule has 0 aromatic heterocycles. The molecule has 0 heterocycles. The number of nitrogens with one attached hydrogen (secondary N) is 1. The van der Waals surface area contributed by atoms with Gasteiger partial charge in [0, 0.05) is 19.4 Å². The smallest absolute Gasteiger partial charge is 0.463 e. The lowest BCUT2D eigenvalue weighted by Gasteiger charge is -2.15. The molecule has 9 nitrogen and oxygen atoms in total. The molecule has 0 radical (unpaired) electrons. The fraction of sp³-hybridized carbons (Fsp3) is 0.787. The van der Waals surface area contributed by atoms with Crippen molar-refractivity contribution in [3.8, 4) is 0 Å². The standard InChI is InChI=1S/C47H86NO8P/c1-3-5-7-9-11-13-15-17-19-20-21-22-23-24-26-28-30-32-34-36-38-40-47(51)54-43-45(49)44-56-57(52,53)55-42-41-48-46(50)39-37-35-33-31-29-27-25-18-16-14-12-10-8-6-4-2/h11,13,17-19,21-22,25,45,49H,3-10,12,14-16,20,23-24,26-44H2,1-2H3,(H,48,50)(H,52,53)/b13-11-,19-17-,22-21-,25-18-. The number of hydrogen-bond acceptors (Lipinski definition) is 7. The van der Waals surface area contributed by atoms with E-state index in [0.29, 0.717) is 6.42 Å². The average Bonchev–Trinajstić information content (AvgIpc) is 3.20. The number of phosphoric ester groups is 1. The maximum Gasteiger partial charge on any atom is 0.472 e. The maximum atomic E-state index is 12.1. The van der Waals surface area contributed by atoms with Crippen molar-refractivity contribution in [3.63, 3.8) is 0 Å². The molecular formula is C47H86NO8P. The predicted octanol–water partition coefficient (Wildman–Crippen LogP) is 13.1. The number of aliphatic hydroxyl groups is 1. The van der Waals surface area contributed by atoms with E-state index in [2.05, 4.69) is 67.8 Å². The third kappa shape index (κ3) is 44.9. The number of aliphatic hydroxyl groups excluding tert-OH is 1. The molecule has 332 valence electrons. The summed E-state index contributed by atoms with van der Waals surface area (Å²) in [6, 6.07) is 0. The molecule has 2 atom stereocenters. The average molecular weight is 824 g/mol. The number of carbonyl (C=O) groups excluding carboxylic acids is 2. The Bertz CT molecular complexity index is 1080. The lowest BCUT2D eigenvalue weighted by Crippen LogP contribution is -2.27. The number of esters is 1. The molecule has 0 aliphatic carbocycles. The summed E-state index contributed by atoms with van der Waals surface area (Å²) in [6.07, 6.45) is 50.4. The van der Waals surface area contributed by atoms with E-state index >= 15 is 0 Å². The molecule has 57 heavy (non-hydrogen) atoms. The Hall–Kier alpha value is -2.03. The summed E-state index contributed by atoms with van der Waals surface area (Å²) in [5.41, 5.74) is 0. The molecule has 0 fully saturated rings. The minimum atomic E-state index is -4.42. The van der Waals surface area contributed by atoms with Crippen LogP contribution in [-0.4, -0.2) is 54.3 Å². The van der Waals surface area contributed by atoms with E-state index in [1.165, 1.54) is 103 Å². The van der Waals surface area contributed by atoms with Crippen LogP contribution >= 0.6 is 7.82 Å². The molecule has 0 saturated carbocycles. The highest BCUT2D eigenvalue weighted by molar-refractivity contribution is 7.47. The van der Waals surface area contributed by atoms with Gasteiger partial charge in [0.15, 0.2) is 0 Å². The predicted molar refractivity (Wildman–Crippen MR) is 238 cm³/mol. The molecule has 1 amide bonds. The number of rotatable bonds is 43. The molecule has 0 aliphatic rings. The Kier molecular flexibility index (Phi) is 42.0. The van der Waals surface area contributed by atoms with E-state index in [1.54, 1.807) is 0 Å². The number of phosphoric acid groups is 1. The summed E-state index contributed by atoms with van der Waals surface area (Å²) in [4.78, 5) is 33.9. The molecule has 2 unspecified atom stereocenters. The van der Waals surface area contributed by atoms with Crippen LogP contribution in [0.15, 0.2) is 48.6 Å². The van der Waals surface area contributed by atoms with Crippen molar-refractivity contribution in [1.82, 2.24) is 5.32 Å². The maximum absolute atomic E-state index is 12.1. The first kappa shape index (κ1) is 55.0. The summed E-state index contributed by atoms with van der Waals surface area (Å²) in [6.45, 7) is 3.51. The van der Waals surface area contributed by atoms with Gasteiger partial charge in [-0.25, -0.2) is 4.57 Å². The fourth-order valence-electron chi connectivity index (χ4n) is 6.21. The van der Waals surface area contributed by atoms with Crippen LogP contribution in [0, 0.1) is 0 Å². The van der Waals surface area contributed by atoms with Crippen LogP contribution in [0.2, 0.25) is 0 Å². The van der Waals surface area contributed by atoms with Gasteiger partial charge in [-0.1, -0.05) is 165 Å². The van der Waals surface area contributed by atoms with E-state index in [1.807, 2.05) is 0 Å². The van der Waals surface area contributed by atoms with Crippen molar-refractivity contribution in [2.24, 2.45) is 0 Å². The summed E-state index contributed by atoms with van der Waals surface area (Å²) in [7, 11) is -4.42. The van der Waals surface area contributed by atoms with Crippen LogP contribution in [0.4, 0.5) is 0 Å². The van der Waals surface area contributed by atoms with Crippen molar-refractivity contribution in [2.45, 2.75) is 213 Å². The summed E-state index contributed by atoms with van der Waals surface area (Å²) in [5.74, 6) is -0.531. The van der Waals surface area contributed by atoms with Crippen LogP contribution in [0.5, 0.6) is 0 Å². The Labute approximate surface area is 349 Å². The van der Waals surface area contributed by atoms with E-state index in [-0.39, 0.29) is 32.1 Å². The SMILES string of the molecule is CCCCC/C=C\C/C=C\C/C=C\CCCCCCCCCCC(=O)OCC(O)COP(=O)(O)OCCNC(=O)CCCCCCC/C=C\CCCCCCCC. The molecule has 0 rings (SSSR count). The van der Waals surface area contributed by atoms with E-state index in [4.69, 9.17) is 13.8 Å². The van der Waals surface area contributed by atoms with Crippen molar-refractivity contribution in [3.05, 3.63) is 48.6 Å². The van der Waals surface area contributed by atoms with Crippen molar-refractivity contribution < 1.29 is 37.9 Å². The third-order valence-electron chi connectivity index (χ3n) is 9.73. The largest absolute Gasteiger partial charge is 0.472 e. The highest BCUT2D eigenvalue weighted by Crippen LogP contribution is 2.42. The summed E-state index contributed by atoms with van der Waals surface area (Å²) >= 11 is 0. The first-order valence-electron chi connectivity index (χ1n) is 23.1. The lowest BCUT2D eigenvalue weighted by molar-refractivity contribution is -0.147. The zero-order valence-corrected chi connectivity index (χ0v) is 37.4.